The van der Waals surface area contributed by atoms with Gasteiger partial charge in [0.25, 0.3) is 0 Å². The van der Waals surface area contributed by atoms with Gasteiger partial charge in [0.05, 0.1) is 6.54 Å². The number of hydrogen-bond donors (Lipinski definition) is 2. The number of halogens is 1. The van der Waals surface area contributed by atoms with Gasteiger partial charge in [-0.25, -0.2) is 9.98 Å². The van der Waals surface area contributed by atoms with Crippen LogP contribution < -0.4 is 15.8 Å². The van der Waals surface area contributed by atoms with Crippen LogP contribution in [0.15, 0.2) is 53.7 Å². The second-order valence-electron chi connectivity index (χ2n) is 6.78. The van der Waals surface area contributed by atoms with E-state index in [0.29, 0.717) is 31.0 Å². The molecule has 0 amide bonds. The molecular formula is C21H29IN4O. The minimum absolute atomic E-state index is 0. The Bertz CT molecular complexity index is 700. The molecule has 0 spiro atoms. The zero-order chi connectivity index (χ0) is 18.0. The molecule has 5 nitrogen and oxygen atoms in total. The van der Waals surface area contributed by atoms with Crippen LogP contribution in [-0.4, -0.2) is 17.0 Å². The molecule has 0 atom stereocenters. The number of aromatic nitrogens is 1. The van der Waals surface area contributed by atoms with Gasteiger partial charge in [-0.1, -0.05) is 62.1 Å². The molecule has 27 heavy (non-hydrogen) atoms. The summed E-state index contributed by atoms with van der Waals surface area (Å²) in [6.45, 7) is 0.952. The molecule has 3 N–H and O–H groups in total. The van der Waals surface area contributed by atoms with Gasteiger partial charge >= 0.3 is 0 Å². The van der Waals surface area contributed by atoms with Crippen molar-refractivity contribution in [3.8, 4) is 5.88 Å². The van der Waals surface area contributed by atoms with Gasteiger partial charge in [-0.15, -0.1) is 24.0 Å². The summed E-state index contributed by atoms with van der Waals surface area (Å²) >= 11 is 0. The lowest BCUT2D eigenvalue weighted by atomic mass is 10.1. The van der Waals surface area contributed by atoms with Gasteiger partial charge in [0.2, 0.25) is 5.88 Å². The lowest BCUT2D eigenvalue weighted by molar-refractivity contribution is 0.290. The molecule has 1 fully saturated rings. The van der Waals surface area contributed by atoms with Gasteiger partial charge in [-0.05, 0) is 24.5 Å². The minimum Gasteiger partial charge on any atom is -0.473 e. The number of guanidine groups is 1. The molecule has 1 aliphatic rings. The quantitative estimate of drug-likeness (QED) is 0.278. The van der Waals surface area contributed by atoms with Crippen LogP contribution in [0.3, 0.4) is 0 Å². The summed E-state index contributed by atoms with van der Waals surface area (Å²) in [5.41, 5.74) is 8.15. The van der Waals surface area contributed by atoms with Crippen molar-refractivity contribution in [2.24, 2.45) is 10.7 Å². The third-order valence-electron chi connectivity index (χ3n) is 4.70. The normalized spacial score (nSPS) is 15.5. The molecule has 6 heteroatoms. The van der Waals surface area contributed by atoms with E-state index in [4.69, 9.17) is 10.5 Å². The third kappa shape index (κ3) is 7.36. The third-order valence-corrected chi connectivity index (χ3v) is 4.70. The van der Waals surface area contributed by atoms with Crippen LogP contribution in [0.4, 0.5) is 0 Å². The van der Waals surface area contributed by atoms with Crippen LogP contribution in [0.2, 0.25) is 0 Å². The maximum Gasteiger partial charge on any atom is 0.218 e. The van der Waals surface area contributed by atoms with Crippen LogP contribution in [0, 0.1) is 0 Å². The van der Waals surface area contributed by atoms with E-state index in [2.05, 4.69) is 15.3 Å². The number of pyridine rings is 1. The fourth-order valence-electron chi connectivity index (χ4n) is 3.25. The molecule has 146 valence electrons. The first-order valence-electron chi connectivity index (χ1n) is 9.48. The monoisotopic (exact) mass is 480 g/mol. The van der Waals surface area contributed by atoms with Crippen molar-refractivity contribution in [1.82, 2.24) is 10.3 Å². The predicted octanol–water partition coefficient (Wildman–Crippen LogP) is 4.41. The number of rotatable bonds is 6. The maximum absolute atomic E-state index is 6.10. The summed E-state index contributed by atoms with van der Waals surface area (Å²) in [5.74, 6) is 1.12. The van der Waals surface area contributed by atoms with Gasteiger partial charge in [0.1, 0.15) is 6.61 Å². The molecule has 1 aromatic heterocycles. The topological polar surface area (TPSA) is 72.5 Å². The van der Waals surface area contributed by atoms with Crippen LogP contribution in [-0.2, 0) is 13.2 Å². The lowest BCUT2D eigenvalue weighted by Gasteiger charge is -2.16. The van der Waals surface area contributed by atoms with E-state index in [1.807, 2.05) is 42.5 Å². The first-order chi connectivity index (χ1) is 12.8. The highest BCUT2D eigenvalue weighted by Gasteiger charge is 2.12. The SMILES string of the molecule is I.NC(=NCc1cccnc1OCc1ccccc1)NC1CCCCCC1. The van der Waals surface area contributed by atoms with Gasteiger partial charge in [0, 0.05) is 17.8 Å². The molecule has 1 heterocycles. The van der Waals surface area contributed by atoms with Crippen molar-refractivity contribution in [3.05, 3.63) is 59.8 Å². The van der Waals surface area contributed by atoms with Crippen LogP contribution >= 0.6 is 24.0 Å². The Morgan fingerprint density at radius 1 is 1.07 bits per heavy atom. The number of benzene rings is 1. The summed E-state index contributed by atoms with van der Waals surface area (Å²) in [6, 6.07) is 14.4. The van der Waals surface area contributed by atoms with Crippen molar-refractivity contribution >= 4 is 29.9 Å². The number of nitrogens with two attached hydrogens (primary N) is 1. The molecule has 0 aliphatic heterocycles. The predicted molar refractivity (Wildman–Crippen MR) is 120 cm³/mol. The van der Waals surface area contributed by atoms with E-state index in [1.165, 1.54) is 38.5 Å². The molecule has 0 unspecified atom stereocenters. The standard InChI is InChI=1S/C21H28N4O.HI/c22-21(25-19-12-6-1-2-7-13-19)24-15-18-11-8-14-23-20(18)26-16-17-9-4-3-5-10-17;/h3-5,8-11,14,19H,1-2,6-7,12-13,15-16H2,(H3,22,24,25);1H. The second-order valence-corrected chi connectivity index (χ2v) is 6.78. The number of nitrogens with zero attached hydrogens (tertiary/aromatic N) is 2. The first kappa shape index (κ1) is 21.5. The van der Waals surface area contributed by atoms with E-state index in [1.54, 1.807) is 6.20 Å². The summed E-state index contributed by atoms with van der Waals surface area (Å²) in [5, 5.41) is 3.37. The number of ether oxygens (including phenoxy) is 1. The van der Waals surface area contributed by atoms with E-state index in [0.717, 1.165) is 11.1 Å². The molecule has 1 aromatic carbocycles. The van der Waals surface area contributed by atoms with E-state index < -0.39 is 0 Å². The molecule has 1 saturated carbocycles. The largest absolute Gasteiger partial charge is 0.473 e. The fourth-order valence-corrected chi connectivity index (χ4v) is 3.25. The van der Waals surface area contributed by atoms with Gasteiger partial charge in [0.15, 0.2) is 5.96 Å². The Morgan fingerprint density at radius 3 is 2.56 bits per heavy atom. The van der Waals surface area contributed by atoms with Crippen LogP contribution in [0.25, 0.3) is 0 Å². The van der Waals surface area contributed by atoms with Gasteiger partial charge in [-0.2, -0.15) is 0 Å². The molecule has 2 aromatic rings. The molecule has 3 rings (SSSR count). The Kier molecular flexibility index (Phi) is 9.38. The highest BCUT2D eigenvalue weighted by atomic mass is 127. The van der Waals surface area contributed by atoms with Crippen LogP contribution in [0.5, 0.6) is 5.88 Å². The van der Waals surface area contributed by atoms with E-state index in [-0.39, 0.29) is 24.0 Å². The van der Waals surface area contributed by atoms with Crippen molar-refractivity contribution < 1.29 is 4.74 Å². The highest BCUT2D eigenvalue weighted by molar-refractivity contribution is 14.0. The highest BCUT2D eigenvalue weighted by Crippen LogP contribution is 2.18. The van der Waals surface area contributed by atoms with Gasteiger partial charge < -0.3 is 15.8 Å². The molecule has 0 saturated heterocycles. The molecule has 0 bridgehead atoms. The van der Waals surface area contributed by atoms with Crippen molar-refractivity contribution in [1.29, 1.82) is 0 Å². The lowest BCUT2D eigenvalue weighted by Crippen LogP contribution is -2.39. The fraction of sp³-hybridized carbons (Fsp3) is 0.429. The Balaban J connectivity index is 0.00000261. The summed E-state index contributed by atoms with van der Waals surface area (Å²) in [4.78, 5) is 8.85. The van der Waals surface area contributed by atoms with Gasteiger partial charge in [-0.3, -0.25) is 0 Å². The second kappa shape index (κ2) is 11.8. The molecule has 0 radical (unpaired) electrons. The van der Waals surface area contributed by atoms with E-state index >= 15 is 0 Å². The first-order valence-corrected chi connectivity index (χ1v) is 9.48. The Morgan fingerprint density at radius 2 is 1.81 bits per heavy atom. The Labute approximate surface area is 178 Å². The summed E-state index contributed by atoms with van der Waals surface area (Å²) in [6.07, 6.45) is 9.28. The number of aliphatic imine (C=N–C) groups is 1. The zero-order valence-corrected chi connectivity index (χ0v) is 18.0. The Hall–Kier alpha value is -1.83. The van der Waals surface area contributed by atoms with Crippen LogP contribution in [0.1, 0.15) is 49.7 Å². The maximum atomic E-state index is 6.10. The zero-order valence-electron chi connectivity index (χ0n) is 15.6. The minimum atomic E-state index is 0. The average molecular weight is 480 g/mol. The summed E-state index contributed by atoms with van der Waals surface area (Å²) < 4.78 is 5.88. The number of hydrogen-bond acceptors (Lipinski definition) is 3. The molecular weight excluding hydrogens is 451 g/mol. The van der Waals surface area contributed by atoms with Crippen molar-refractivity contribution in [2.45, 2.75) is 57.7 Å². The van der Waals surface area contributed by atoms with Crippen molar-refractivity contribution in [3.63, 3.8) is 0 Å². The number of nitrogens with one attached hydrogen (secondary N) is 1. The molecule has 1 aliphatic carbocycles. The average Bonchev–Trinajstić information content (AvgIpc) is 2.95. The van der Waals surface area contributed by atoms with Crippen molar-refractivity contribution in [2.75, 3.05) is 0 Å². The summed E-state index contributed by atoms with van der Waals surface area (Å²) in [7, 11) is 0. The smallest absolute Gasteiger partial charge is 0.218 e. The van der Waals surface area contributed by atoms with E-state index in [9.17, 15) is 0 Å².